The van der Waals surface area contributed by atoms with Gasteiger partial charge in [-0.05, 0) is 31.6 Å². The summed E-state index contributed by atoms with van der Waals surface area (Å²) in [7, 11) is 0. The fourth-order valence-electron chi connectivity index (χ4n) is 4.26. The predicted molar refractivity (Wildman–Crippen MR) is 81.2 cm³/mol. The molecule has 4 unspecified atom stereocenters. The van der Waals surface area contributed by atoms with Crippen LogP contribution < -0.4 is 11.1 Å². The molecule has 2 saturated carbocycles. The van der Waals surface area contributed by atoms with Crippen LogP contribution in [0, 0.1) is 17.8 Å². The van der Waals surface area contributed by atoms with Gasteiger partial charge in [0.1, 0.15) is 11.4 Å². The van der Waals surface area contributed by atoms with E-state index in [0.717, 1.165) is 32.1 Å². The van der Waals surface area contributed by atoms with Crippen LogP contribution in [0.5, 0.6) is 0 Å². The molecule has 3 rings (SSSR count). The third kappa shape index (κ3) is 2.60. The first kappa shape index (κ1) is 14.6. The summed E-state index contributed by atoms with van der Waals surface area (Å²) < 4.78 is 0. The molecule has 0 saturated heterocycles. The van der Waals surface area contributed by atoms with E-state index in [-0.39, 0.29) is 35.1 Å². The zero-order valence-electron chi connectivity index (χ0n) is 12.9. The minimum atomic E-state index is -0.152. The number of nitrogens with one attached hydrogen (secondary N) is 1. The van der Waals surface area contributed by atoms with E-state index in [1.54, 1.807) is 0 Å². The van der Waals surface area contributed by atoms with Crippen LogP contribution in [0.4, 0.5) is 0 Å². The molecule has 0 aliphatic heterocycles. The molecular weight excluding hydrogens is 264 g/mol. The van der Waals surface area contributed by atoms with Crippen LogP contribution in [0.1, 0.15) is 58.3 Å². The van der Waals surface area contributed by atoms with Gasteiger partial charge in [0.15, 0.2) is 11.6 Å². The summed E-state index contributed by atoms with van der Waals surface area (Å²) in [5.74, 6) is 0.353. The summed E-state index contributed by atoms with van der Waals surface area (Å²) in [4.78, 5) is 25.2. The number of carbonyl (C=O) groups is 2. The summed E-state index contributed by atoms with van der Waals surface area (Å²) in [5.41, 5.74) is 6.66. The summed E-state index contributed by atoms with van der Waals surface area (Å²) in [5, 5.41) is 3.35. The Kier molecular flexibility index (Phi) is 4.05. The average molecular weight is 290 g/mol. The van der Waals surface area contributed by atoms with Crippen molar-refractivity contribution in [3.63, 3.8) is 0 Å². The molecule has 3 aliphatic carbocycles. The van der Waals surface area contributed by atoms with Crippen LogP contribution in [0.15, 0.2) is 11.4 Å². The highest BCUT2D eigenvalue weighted by Gasteiger charge is 2.43. The van der Waals surface area contributed by atoms with Crippen LogP contribution in [0.25, 0.3) is 0 Å². The number of allylic oxidation sites excluding steroid dienone is 2. The Bertz CT molecular complexity index is 483. The van der Waals surface area contributed by atoms with Crippen molar-refractivity contribution in [2.75, 3.05) is 0 Å². The van der Waals surface area contributed by atoms with Gasteiger partial charge in [-0.2, -0.15) is 0 Å². The smallest absolute Gasteiger partial charge is 0.184 e. The van der Waals surface area contributed by atoms with Crippen molar-refractivity contribution in [2.45, 2.75) is 64.3 Å². The van der Waals surface area contributed by atoms with E-state index < -0.39 is 0 Å². The number of nitrogens with two attached hydrogens (primary N) is 1. The van der Waals surface area contributed by atoms with Gasteiger partial charge in [-0.25, -0.2) is 0 Å². The van der Waals surface area contributed by atoms with Crippen molar-refractivity contribution in [1.29, 1.82) is 0 Å². The van der Waals surface area contributed by atoms with Gasteiger partial charge < -0.3 is 11.1 Å². The minimum Gasteiger partial charge on any atom is -0.394 e. The van der Waals surface area contributed by atoms with Gasteiger partial charge in [0, 0.05) is 17.9 Å². The zero-order valence-corrected chi connectivity index (χ0v) is 12.9. The fraction of sp³-hybridized carbons (Fsp3) is 0.765. The molecular formula is C17H26N2O2. The monoisotopic (exact) mass is 290 g/mol. The Hall–Kier alpha value is -1.32. The average Bonchev–Trinajstić information content (AvgIpc) is 2.51. The third-order valence-electron chi connectivity index (χ3n) is 5.66. The van der Waals surface area contributed by atoms with Crippen molar-refractivity contribution < 1.29 is 9.59 Å². The molecule has 0 aromatic heterocycles. The molecule has 0 heterocycles. The van der Waals surface area contributed by atoms with Gasteiger partial charge in [0.2, 0.25) is 0 Å². The first-order valence-electron chi connectivity index (χ1n) is 8.44. The Morgan fingerprint density at radius 1 is 0.905 bits per heavy atom. The van der Waals surface area contributed by atoms with Gasteiger partial charge >= 0.3 is 0 Å². The standard InChI is InChI=1S/C17H26N2O2/c1-10-6-2-5-9-13(10)19-15-14(18)16(20)11-7-3-4-8-12(11)17(15)21/h10-13,19H,2-9,18H2,1H3. The van der Waals surface area contributed by atoms with E-state index in [9.17, 15) is 9.59 Å². The molecule has 0 spiro atoms. The van der Waals surface area contributed by atoms with E-state index in [0.29, 0.717) is 11.6 Å². The predicted octanol–water partition coefficient (Wildman–Crippen LogP) is 2.28. The van der Waals surface area contributed by atoms with Gasteiger partial charge in [0.05, 0.1) is 0 Å². The largest absolute Gasteiger partial charge is 0.394 e. The quantitative estimate of drug-likeness (QED) is 0.818. The number of rotatable bonds is 2. The lowest BCUT2D eigenvalue weighted by Crippen LogP contribution is -2.48. The third-order valence-corrected chi connectivity index (χ3v) is 5.66. The molecule has 3 N–H and O–H groups in total. The van der Waals surface area contributed by atoms with Crippen molar-refractivity contribution >= 4 is 11.6 Å². The summed E-state index contributed by atoms with van der Waals surface area (Å²) in [6.45, 7) is 2.21. The second kappa shape index (κ2) is 5.82. The van der Waals surface area contributed by atoms with Gasteiger partial charge in [-0.1, -0.05) is 32.6 Å². The lowest BCUT2D eigenvalue weighted by molar-refractivity contribution is -0.132. The Morgan fingerprint density at radius 3 is 2.14 bits per heavy atom. The first-order chi connectivity index (χ1) is 10.1. The SMILES string of the molecule is CC1CCCCC1NC1=C(N)C(=O)C2CCCCC2C1=O. The Labute approximate surface area is 126 Å². The molecule has 0 radical (unpaired) electrons. The maximum absolute atomic E-state index is 12.7. The van der Waals surface area contributed by atoms with E-state index in [2.05, 4.69) is 12.2 Å². The van der Waals surface area contributed by atoms with Crippen LogP contribution in [0.2, 0.25) is 0 Å². The molecule has 0 aromatic rings. The zero-order chi connectivity index (χ0) is 15.0. The molecule has 3 aliphatic rings. The number of Topliss-reactive ketones (excluding diaryl/α,β-unsaturated/α-hetero) is 2. The minimum absolute atomic E-state index is 0.00487. The second-order valence-electron chi connectivity index (χ2n) is 7.03. The first-order valence-corrected chi connectivity index (χ1v) is 8.44. The lowest BCUT2D eigenvalue weighted by atomic mass is 9.70. The van der Waals surface area contributed by atoms with Crippen LogP contribution in [-0.4, -0.2) is 17.6 Å². The fourth-order valence-corrected chi connectivity index (χ4v) is 4.26. The summed E-state index contributed by atoms with van der Waals surface area (Å²) in [6.07, 6.45) is 8.43. The van der Waals surface area contributed by atoms with Gasteiger partial charge in [-0.3, -0.25) is 9.59 Å². The van der Waals surface area contributed by atoms with E-state index in [4.69, 9.17) is 5.73 Å². The van der Waals surface area contributed by atoms with Crippen LogP contribution >= 0.6 is 0 Å². The van der Waals surface area contributed by atoms with Crippen molar-refractivity contribution in [2.24, 2.45) is 23.5 Å². The highest BCUT2D eigenvalue weighted by molar-refractivity contribution is 6.13. The van der Waals surface area contributed by atoms with Crippen LogP contribution in [-0.2, 0) is 9.59 Å². The Morgan fingerprint density at radius 2 is 1.48 bits per heavy atom. The van der Waals surface area contributed by atoms with Gasteiger partial charge in [-0.15, -0.1) is 0 Å². The molecule has 21 heavy (non-hydrogen) atoms. The number of hydrogen-bond acceptors (Lipinski definition) is 4. The van der Waals surface area contributed by atoms with Crippen LogP contribution in [0.3, 0.4) is 0 Å². The molecule has 4 atom stereocenters. The summed E-state index contributed by atoms with van der Waals surface area (Å²) >= 11 is 0. The summed E-state index contributed by atoms with van der Waals surface area (Å²) in [6, 6.07) is 0.282. The number of hydrogen-bond donors (Lipinski definition) is 2. The molecule has 4 heteroatoms. The maximum atomic E-state index is 12.7. The van der Waals surface area contributed by atoms with E-state index in [1.165, 1.54) is 19.3 Å². The van der Waals surface area contributed by atoms with Crippen molar-refractivity contribution in [3.8, 4) is 0 Å². The lowest BCUT2D eigenvalue weighted by Gasteiger charge is -2.37. The maximum Gasteiger partial charge on any atom is 0.184 e. The molecule has 116 valence electrons. The normalized spacial score (nSPS) is 37.4. The van der Waals surface area contributed by atoms with Crippen molar-refractivity contribution in [3.05, 3.63) is 11.4 Å². The molecule has 0 amide bonds. The molecule has 2 fully saturated rings. The number of fused-ring (bicyclic) bond motifs is 1. The molecule has 4 nitrogen and oxygen atoms in total. The molecule has 0 aromatic carbocycles. The topological polar surface area (TPSA) is 72.2 Å². The number of ketones is 2. The van der Waals surface area contributed by atoms with Gasteiger partial charge in [0.25, 0.3) is 0 Å². The molecule has 0 bridgehead atoms. The Balaban J connectivity index is 1.83. The van der Waals surface area contributed by atoms with Crippen molar-refractivity contribution in [1.82, 2.24) is 5.32 Å². The second-order valence-corrected chi connectivity index (χ2v) is 7.03. The number of carbonyl (C=O) groups excluding carboxylic acids is 2. The van der Waals surface area contributed by atoms with E-state index in [1.807, 2.05) is 0 Å². The highest BCUT2D eigenvalue weighted by atomic mass is 16.1. The highest BCUT2D eigenvalue weighted by Crippen LogP contribution is 2.38. The van der Waals surface area contributed by atoms with E-state index >= 15 is 0 Å².